The molecule has 4 rings (SSSR count). The van der Waals surface area contributed by atoms with Gasteiger partial charge in [0.25, 0.3) is 5.69 Å². The number of rotatable bonds is 6. The van der Waals surface area contributed by atoms with E-state index in [4.69, 9.17) is 21.1 Å². The molecule has 0 spiro atoms. The molecule has 0 amide bonds. The number of nitrogens with zero attached hydrogens (tertiary/aromatic N) is 2. The summed E-state index contributed by atoms with van der Waals surface area (Å²) in [6, 6.07) is 15.4. The average Bonchev–Trinajstić information content (AvgIpc) is 3.13. The summed E-state index contributed by atoms with van der Waals surface area (Å²) in [5.41, 5.74) is 2.63. The summed E-state index contributed by atoms with van der Waals surface area (Å²) in [6.07, 6.45) is 1.59. The first-order valence-corrected chi connectivity index (χ1v) is 11.8. The van der Waals surface area contributed by atoms with Crippen molar-refractivity contribution in [2.45, 2.75) is 13.5 Å². The topological polar surface area (TPSA) is 91.0 Å². The second kappa shape index (κ2) is 10.1. The van der Waals surface area contributed by atoms with Gasteiger partial charge in [-0.15, -0.1) is 0 Å². The number of carbonyl (C=O) groups excluding carboxylic acids is 1. The molecule has 0 unspecified atom stereocenters. The largest absolute Gasteiger partial charge is 0.487 e. The highest BCUT2D eigenvalue weighted by Crippen LogP contribution is 2.36. The summed E-state index contributed by atoms with van der Waals surface area (Å²) in [7, 11) is 0. The zero-order chi connectivity index (χ0) is 24.4. The molecule has 0 bridgehead atoms. The minimum Gasteiger partial charge on any atom is -0.487 e. The Kier molecular flexibility index (Phi) is 7.16. The van der Waals surface area contributed by atoms with Gasteiger partial charge < -0.3 is 9.47 Å². The van der Waals surface area contributed by atoms with Gasteiger partial charge in [0.2, 0.25) is 5.90 Å². The predicted octanol–water partition coefficient (Wildman–Crippen LogP) is 7.01. The molecule has 34 heavy (non-hydrogen) atoms. The summed E-state index contributed by atoms with van der Waals surface area (Å²) in [5.74, 6) is 0.0788. The number of esters is 1. The van der Waals surface area contributed by atoms with E-state index in [9.17, 15) is 14.9 Å². The van der Waals surface area contributed by atoms with E-state index in [-0.39, 0.29) is 17.3 Å². The molecule has 0 fully saturated rings. The molecule has 1 aliphatic rings. The third-order valence-corrected chi connectivity index (χ3v) is 6.27. The molecule has 0 N–H and O–H groups in total. The van der Waals surface area contributed by atoms with Crippen molar-refractivity contribution in [3.63, 3.8) is 0 Å². The third kappa shape index (κ3) is 5.38. The van der Waals surface area contributed by atoms with Crippen molar-refractivity contribution in [2.24, 2.45) is 4.99 Å². The van der Waals surface area contributed by atoms with Crippen molar-refractivity contribution >= 4 is 67.1 Å². The van der Waals surface area contributed by atoms with Gasteiger partial charge in [-0.1, -0.05) is 23.7 Å². The number of ether oxygens (including phenoxy) is 2. The van der Waals surface area contributed by atoms with Gasteiger partial charge in [-0.2, -0.15) is 0 Å². The van der Waals surface area contributed by atoms with Gasteiger partial charge in [-0.05, 0) is 92.4 Å². The molecule has 0 saturated heterocycles. The molecular formula is C24H15Br2ClN2O5. The quantitative estimate of drug-likeness (QED) is 0.130. The Labute approximate surface area is 216 Å². The fourth-order valence-corrected chi connectivity index (χ4v) is 4.93. The zero-order valence-electron chi connectivity index (χ0n) is 17.6. The lowest BCUT2D eigenvalue weighted by atomic mass is 10.1. The van der Waals surface area contributed by atoms with Gasteiger partial charge in [0, 0.05) is 22.2 Å². The van der Waals surface area contributed by atoms with Crippen LogP contribution < -0.4 is 4.74 Å². The maximum Gasteiger partial charge on any atom is 0.363 e. The van der Waals surface area contributed by atoms with Gasteiger partial charge in [0.15, 0.2) is 5.70 Å². The van der Waals surface area contributed by atoms with Crippen LogP contribution in [0.5, 0.6) is 5.75 Å². The van der Waals surface area contributed by atoms with Crippen LogP contribution in [0.1, 0.15) is 22.3 Å². The van der Waals surface area contributed by atoms with E-state index in [0.717, 1.165) is 5.56 Å². The first-order valence-electron chi connectivity index (χ1n) is 9.85. The highest BCUT2D eigenvalue weighted by Gasteiger charge is 2.25. The molecule has 0 atom stereocenters. The third-order valence-electron chi connectivity index (χ3n) is 4.86. The molecule has 7 nitrogen and oxygen atoms in total. The zero-order valence-corrected chi connectivity index (χ0v) is 21.5. The number of aliphatic imine (C=N–C) groups is 1. The van der Waals surface area contributed by atoms with Gasteiger partial charge >= 0.3 is 5.97 Å². The van der Waals surface area contributed by atoms with E-state index >= 15 is 0 Å². The molecule has 3 aromatic rings. The molecular weight excluding hydrogens is 592 g/mol. The summed E-state index contributed by atoms with van der Waals surface area (Å²) < 4.78 is 12.6. The molecule has 0 aromatic heterocycles. The van der Waals surface area contributed by atoms with E-state index in [0.29, 0.717) is 43.0 Å². The van der Waals surface area contributed by atoms with Crippen molar-refractivity contribution in [2.75, 3.05) is 0 Å². The number of nitro benzene ring substituents is 1. The maximum atomic E-state index is 12.4. The fourth-order valence-electron chi connectivity index (χ4n) is 3.27. The Morgan fingerprint density at radius 3 is 2.53 bits per heavy atom. The van der Waals surface area contributed by atoms with E-state index in [1.165, 1.54) is 12.1 Å². The van der Waals surface area contributed by atoms with Crippen LogP contribution in [0, 0.1) is 17.0 Å². The maximum absolute atomic E-state index is 12.4. The molecule has 1 heterocycles. The summed E-state index contributed by atoms with van der Waals surface area (Å²) in [4.78, 5) is 27.2. The molecule has 0 saturated carbocycles. The molecule has 1 aliphatic heterocycles. The first-order chi connectivity index (χ1) is 16.2. The second-order valence-electron chi connectivity index (χ2n) is 7.33. The highest BCUT2D eigenvalue weighted by atomic mass is 79.9. The lowest BCUT2D eigenvalue weighted by molar-refractivity contribution is -0.385. The Morgan fingerprint density at radius 1 is 1.15 bits per heavy atom. The predicted molar refractivity (Wildman–Crippen MR) is 136 cm³/mol. The van der Waals surface area contributed by atoms with Gasteiger partial charge in [0.1, 0.15) is 12.4 Å². The average molecular weight is 607 g/mol. The minimum atomic E-state index is -0.612. The molecule has 10 heteroatoms. The lowest BCUT2D eigenvalue weighted by Gasteiger charge is -2.11. The van der Waals surface area contributed by atoms with Crippen LogP contribution in [0.25, 0.3) is 6.08 Å². The monoisotopic (exact) mass is 604 g/mol. The van der Waals surface area contributed by atoms with Crippen molar-refractivity contribution in [3.05, 3.63) is 107 Å². The lowest BCUT2D eigenvalue weighted by Crippen LogP contribution is -2.06. The Hall–Kier alpha value is -3.01. The van der Waals surface area contributed by atoms with Crippen molar-refractivity contribution in [1.82, 2.24) is 0 Å². The Morgan fingerprint density at radius 2 is 1.88 bits per heavy atom. The van der Waals surface area contributed by atoms with E-state index < -0.39 is 10.9 Å². The van der Waals surface area contributed by atoms with Crippen LogP contribution in [-0.4, -0.2) is 16.8 Å². The fraction of sp³-hybridized carbons (Fsp3) is 0.0833. The van der Waals surface area contributed by atoms with Crippen LogP contribution in [-0.2, 0) is 16.1 Å². The summed E-state index contributed by atoms with van der Waals surface area (Å²) >= 11 is 13.0. The standard InChI is InChI=1S/C24H15Br2ClN2O5/c1-13-7-16(5-6-21(13)29(31)32)23-28-20(24(30)34-23)11-15-9-18(25)22(19(26)10-15)33-12-14-3-2-4-17(27)8-14/h2-11H,12H2,1H3/b20-11-. The number of nitro groups is 1. The van der Waals surface area contributed by atoms with E-state index in [2.05, 4.69) is 36.9 Å². The number of hydrogen-bond acceptors (Lipinski definition) is 6. The van der Waals surface area contributed by atoms with E-state index in [1.807, 2.05) is 18.2 Å². The summed E-state index contributed by atoms with van der Waals surface area (Å²) in [5, 5.41) is 11.7. The van der Waals surface area contributed by atoms with Crippen molar-refractivity contribution < 1.29 is 19.2 Å². The molecule has 3 aromatic carbocycles. The Bertz CT molecular complexity index is 1360. The molecule has 0 aliphatic carbocycles. The van der Waals surface area contributed by atoms with Crippen molar-refractivity contribution in [3.8, 4) is 5.75 Å². The van der Waals surface area contributed by atoms with Crippen molar-refractivity contribution in [1.29, 1.82) is 0 Å². The smallest absolute Gasteiger partial charge is 0.363 e. The number of aryl methyl sites for hydroxylation is 1. The SMILES string of the molecule is Cc1cc(C2=N/C(=C\c3cc(Br)c(OCc4cccc(Cl)c4)c(Br)c3)C(=O)O2)ccc1[N+](=O)[O-]. The van der Waals surface area contributed by atoms with Gasteiger partial charge in [-0.25, -0.2) is 9.79 Å². The van der Waals surface area contributed by atoms with Crippen LogP contribution in [0.4, 0.5) is 5.69 Å². The van der Waals surface area contributed by atoms with Crippen LogP contribution in [0.3, 0.4) is 0 Å². The number of halogens is 3. The Balaban J connectivity index is 1.56. The first kappa shape index (κ1) is 24.1. The van der Waals surface area contributed by atoms with Gasteiger partial charge in [0.05, 0.1) is 13.9 Å². The molecule has 0 radical (unpaired) electrons. The van der Waals surface area contributed by atoms with E-state index in [1.54, 1.807) is 37.3 Å². The van der Waals surface area contributed by atoms with Crippen LogP contribution in [0.15, 0.2) is 74.2 Å². The number of hydrogen-bond donors (Lipinski definition) is 0. The number of carbonyl (C=O) groups is 1. The normalized spacial score (nSPS) is 14.2. The van der Waals surface area contributed by atoms with Crippen LogP contribution >= 0.6 is 43.5 Å². The molecule has 172 valence electrons. The minimum absolute atomic E-state index is 0.0168. The second-order valence-corrected chi connectivity index (χ2v) is 9.47. The number of benzene rings is 3. The highest BCUT2D eigenvalue weighted by molar-refractivity contribution is 9.11. The summed E-state index contributed by atoms with van der Waals surface area (Å²) in [6.45, 7) is 1.94. The van der Waals surface area contributed by atoms with Gasteiger partial charge in [-0.3, -0.25) is 10.1 Å². The van der Waals surface area contributed by atoms with Crippen LogP contribution in [0.2, 0.25) is 5.02 Å². The number of cyclic esters (lactones) is 1.